The second-order valence-corrected chi connectivity index (χ2v) is 8.27. The highest BCUT2D eigenvalue weighted by Gasteiger charge is 2.35. The molecule has 3 heterocycles. The highest BCUT2D eigenvalue weighted by molar-refractivity contribution is 5.97. The van der Waals surface area contributed by atoms with Crippen molar-refractivity contribution in [2.24, 2.45) is 14.1 Å². The number of nitrogens with zero attached hydrogens (tertiary/aromatic N) is 4. The second kappa shape index (κ2) is 8.13. The molecular weight excluding hydrogens is 456 g/mol. The quantitative estimate of drug-likeness (QED) is 0.352. The van der Waals surface area contributed by atoms with E-state index in [1.165, 1.54) is 30.9 Å². The number of ether oxygens (including phenoxy) is 2. The number of phenols is 1. The van der Waals surface area contributed by atoms with Crippen LogP contribution in [0.4, 0.5) is 5.69 Å². The summed E-state index contributed by atoms with van der Waals surface area (Å²) in [7, 11) is 4.38. The van der Waals surface area contributed by atoms with Crippen LogP contribution >= 0.6 is 0 Å². The molecule has 180 valence electrons. The average Bonchev–Trinajstić information content (AvgIpc) is 3.22. The van der Waals surface area contributed by atoms with Gasteiger partial charge in [-0.15, -0.1) is 0 Å². The number of methoxy groups -OCH3 is 1. The van der Waals surface area contributed by atoms with Gasteiger partial charge in [-0.3, -0.25) is 24.0 Å². The number of aromatic hydroxyl groups is 1. The largest absolute Gasteiger partial charge is 0.504 e. The molecule has 0 radical (unpaired) electrons. The van der Waals surface area contributed by atoms with Gasteiger partial charge in [-0.05, 0) is 6.07 Å². The number of nitro groups is 1. The molecule has 0 bridgehead atoms. The summed E-state index contributed by atoms with van der Waals surface area (Å²) in [5, 5.41) is 22.6. The Bertz CT molecular complexity index is 1630. The maximum atomic E-state index is 13.4. The Morgan fingerprint density at radius 1 is 1.14 bits per heavy atom. The van der Waals surface area contributed by atoms with Crippen molar-refractivity contribution in [1.82, 2.24) is 13.7 Å². The van der Waals surface area contributed by atoms with Crippen LogP contribution in [0, 0.1) is 10.1 Å². The number of hydrogen-bond donors (Lipinski definition) is 1. The Balaban J connectivity index is 1.93. The molecule has 0 aliphatic carbocycles. The van der Waals surface area contributed by atoms with E-state index in [9.17, 15) is 24.8 Å². The van der Waals surface area contributed by atoms with Crippen LogP contribution in [-0.2, 0) is 25.4 Å². The number of aryl methyl sites for hydroxylation is 1. The Hall–Kier alpha value is -4.38. The fourth-order valence-corrected chi connectivity index (χ4v) is 4.80. The van der Waals surface area contributed by atoms with Gasteiger partial charge in [0.25, 0.3) is 11.2 Å². The highest BCUT2D eigenvalue weighted by Crippen LogP contribution is 2.44. The number of aromatic nitrogens is 3. The van der Waals surface area contributed by atoms with Crippen LogP contribution in [0.1, 0.15) is 17.4 Å². The number of benzene rings is 2. The minimum absolute atomic E-state index is 0.117. The van der Waals surface area contributed by atoms with E-state index in [1.807, 2.05) is 4.57 Å². The first-order valence-corrected chi connectivity index (χ1v) is 10.8. The van der Waals surface area contributed by atoms with Crippen LogP contribution in [0.15, 0.2) is 52.1 Å². The third-order valence-electron chi connectivity index (χ3n) is 6.42. The zero-order chi connectivity index (χ0) is 25.0. The van der Waals surface area contributed by atoms with Gasteiger partial charge in [-0.2, -0.15) is 0 Å². The van der Waals surface area contributed by atoms with Crippen molar-refractivity contribution in [2.45, 2.75) is 12.6 Å². The molecule has 4 aromatic rings. The fourth-order valence-electron chi connectivity index (χ4n) is 4.80. The Kier molecular flexibility index (Phi) is 5.21. The maximum absolute atomic E-state index is 13.4. The maximum Gasteiger partial charge on any atom is 0.331 e. The summed E-state index contributed by atoms with van der Waals surface area (Å²) in [6.45, 7) is 0.576. The molecule has 0 saturated carbocycles. The normalized spacial score (nSPS) is 15.2. The fraction of sp³-hybridized carbons (Fsp3) is 0.250. The van der Waals surface area contributed by atoms with E-state index in [0.29, 0.717) is 34.6 Å². The molecule has 1 aliphatic rings. The number of phenolic OH excluding ortho intramolecular Hbond substituents is 1. The van der Waals surface area contributed by atoms with Crippen molar-refractivity contribution in [3.8, 4) is 22.8 Å². The number of non-ortho nitro benzene ring substituents is 1. The average molecular weight is 478 g/mol. The molecule has 11 nitrogen and oxygen atoms in total. The summed E-state index contributed by atoms with van der Waals surface area (Å²) in [5.74, 6) is 0.135. The number of hydrogen-bond acceptors (Lipinski definition) is 7. The predicted octanol–water partition coefficient (Wildman–Crippen LogP) is 2.45. The molecule has 1 atom stereocenters. The van der Waals surface area contributed by atoms with E-state index in [4.69, 9.17) is 9.47 Å². The standard InChI is InChI=1S/C24H22N4O7/c1-25-19-17(23(30)26(2)24(25)31)18(13-6-4-7-14(12-13)28(32)33)27-10-11-35-22(20(19)27)15-8-5-9-16(34-3)21(15)29/h4-9,12,22,29H,10-11H2,1-3H3/t22-/m0/s1. The molecule has 5 rings (SSSR count). The minimum atomic E-state index is -0.827. The molecule has 0 spiro atoms. The molecule has 0 fully saturated rings. The lowest BCUT2D eigenvalue weighted by molar-refractivity contribution is -0.384. The molecule has 1 N–H and O–H groups in total. The van der Waals surface area contributed by atoms with Gasteiger partial charge in [0.2, 0.25) is 0 Å². The molecule has 2 aromatic heterocycles. The van der Waals surface area contributed by atoms with Gasteiger partial charge in [-0.25, -0.2) is 4.79 Å². The topological polar surface area (TPSA) is 131 Å². The van der Waals surface area contributed by atoms with Crippen molar-refractivity contribution in [1.29, 1.82) is 0 Å². The number of rotatable bonds is 4. The molecular formula is C24H22N4O7. The minimum Gasteiger partial charge on any atom is -0.504 e. The Morgan fingerprint density at radius 2 is 1.89 bits per heavy atom. The lowest BCUT2D eigenvalue weighted by Gasteiger charge is -2.28. The van der Waals surface area contributed by atoms with Gasteiger partial charge in [-0.1, -0.05) is 24.3 Å². The molecule has 0 unspecified atom stereocenters. The Morgan fingerprint density at radius 3 is 2.60 bits per heavy atom. The number of para-hydroxylation sites is 1. The van der Waals surface area contributed by atoms with Crippen molar-refractivity contribution >= 4 is 16.6 Å². The zero-order valence-corrected chi connectivity index (χ0v) is 19.2. The van der Waals surface area contributed by atoms with Crippen LogP contribution < -0.4 is 16.0 Å². The lowest BCUT2D eigenvalue weighted by atomic mass is 10.0. The molecule has 0 amide bonds. The third-order valence-corrected chi connectivity index (χ3v) is 6.42. The second-order valence-electron chi connectivity index (χ2n) is 8.27. The summed E-state index contributed by atoms with van der Waals surface area (Å²) >= 11 is 0. The molecule has 11 heteroatoms. The summed E-state index contributed by atoms with van der Waals surface area (Å²) in [4.78, 5) is 37.3. The molecule has 1 aliphatic heterocycles. The van der Waals surface area contributed by atoms with E-state index >= 15 is 0 Å². The van der Waals surface area contributed by atoms with Crippen molar-refractivity contribution < 1.29 is 19.5 Å². The molecule has 2 aromatic carbocycles. The zero-order valence-electron chi connectivity index (χ0n) is 19.2. The van der Waals surface area contributed by atoms with Gasteiger partial charge >= 0.3 is 5.69 Å². The number of nitro benzene ring substituents is 1. The van der Waals surface area contributed by atoms with Crippen LogP contribution in [-0.4, -0.2) is 37.4 Å². The van der Waals surface area contributed by atoms with Crippen molar-refractivity contribution in [3.05, 3.63) is 84.7 Å². The van der Waals surface area contributed by atoms with Gasteiger partial charge in [0.05, 0.1) is 40.9 Å². The Labute approximate surface area is 198 Å². The van der Waals surface area contributed by atoms with Gasteiger partial charge in [0.1, 0.15) is 6.10 Å². The van der Waals surface area contributed by atoms with Crippen molar-refractivity contribution in [3.63, 3.8) is 0 Å². The summed E-state index contributed by atoms with van der Waals surface area (Å²) < 4.78 is 15.6. The van der Waals surface area contributed by atoms with Gasteiger partial charge < -0.3 is 19.1 Å². The van der Waals surface area contributed by atoms with E-state index < -0.39 is 22.3 Å². The van der Waals surface area contributed by atoms with E-state index in [2.05, 4.69) is 0 Å². The third kappa shape index (κ3) is 3.23. The summed E-state index contributed by atoms with van der Waals surface area (Å²) in [6.07, 6.45) is -0.827. The molecule has 0 saturated heterocycles. The predicted molar refractivity (Wildman–Crippen MR) is 127 cm³/mol. The highest BCUT2D eigenvalue weighted by atomic mass is 16.6. The van der Waals surface area contributed by atoms with Gasteiger partial charge in [0.15, 0.2) is 11.5 Å². The summed E-state index contributed by atoms with van der Waals surface area (Å²) in [6, 6.07) is 11.0. The smallest absolute Gasteiger partial charge is 0.331 e. The van der Waals surface area contributed by atoms with E-state index in [1.54, 1.807) is 37.4 Å². The summed E-state index contributed by atoms with van der Waals surface area (Å²) in [5.41, 5.74) is 0.971. The lowest BCUT2D eigenvalue weighted by Crippen LogP contribution is -2.37. The first-order valence-electron chi connectivity index (χ1n) is 10.8. The van der Waals surface area contributed by atoms with Crippen LogP contribution in [0.25, 0.3) is 22.2 Å². The number of fused-ring (bicyclic) bond motifs is 3. The van der Waals surface area contributed by atoms with Crippen LogP contribution in [0.3, 0.4) is 0 Å². The first-order chi connectivity index (χ1) is 16.8. The SMILES string of the molecule is COc1cccc([C@@H]2OCCn3c(-c4cccc([N+](=O)[O-])c4)c4c(=O)n(C)c(=O)n(C)c4c32)c1O. The van der Waals surface area contributed by atoms with E-state index in [-0.39, 0.29) is 29.2 Å². The van der Waals surface area contributed by atoms with Gasteiger partial charge in [0, 0.05) is 43.9 Å². The van der Waals surface area contributed by atoms with Crippen molar-refractivity contribution in [2.75, 3.05) is 13.7 Å². The monoisotopic (exact) mass is 478 g/mol. The van der Waals surface area contributed by atoms with Crippen LogP contribution in [0.5, 0.6) is 11.5 Å². The molecule has 35 heavy (non-hydrogen) atoms. The van der Waals surface area contributed by atoms with E-state index in [0.717, 1.165) is 4.57 Å². The van der Waals surface area contributed by atoms with Crippen LogP contribution in [0.2, 0.25) is 0 Å². The first kappa shape index (κ1) is 22.4.